The molecule has 0 fully saturated rings. The van der Waals surface area contributed by atoms with Crippen molar-refractivity contribution in [3.05, 3.63) is 78.4 Å². The molecule has 0 saturated heterocycles. The molecule has 3 aromatic rings. The van der Waals surface area contributed by atoms with Crippen molar-refractivity contribution in [3.8, 4) is 0 Å². The summed E-state index contributed by atoms with van der Waals surface area (Å²) in [4.78, 5) is 26.9. The van der Waals surface area contributed by atoms with Crippen LogP contribution in [0.1, 0.15) is 22.8 Å². The highest BCUT2D eigenvalue weighted by Gasteiger charge is 2.12. The zero-order chi connectivity index (χ0) is 17.5. The maximum absolute atomic E-state index is 12.2. The van der Waals surface area contributed by atoms with E-state index in [1.54, 1.807) is 24.8 Å². The van der Waals surface area contributed by atoms with Gasteiger partial charge >= 0.3 is 0 Å². The van der Waals surface area contributed by atoms with Crippen LogP contribution in [-0.2, 0) is 6.54 Å². The minimum Gasteiger partial charge on any atom is -0.348 e. The van der Waals surface area contributed by atoms with Crippen LogP contribution in [0.25, 0.3) is 0 Å². The number of hydrogen-bond donors (Lipinski definition) is 1. The molecule has 0 spiro atoms. The van der Waals surface area contributed by atoms with Crippen LogP contribution in [0.15, 0.2) is 67.3 Å². The molecule has 0 aliphatic carbocycles. The number of carbonyl (C=O) groups is 1. The fourth-order valence-electron chi connectivity index (χ4n) is 2.41. The molecule has 0 atom stereocenters. The van der Waals surface area contributed by atoms with E-state index < -0.39 is 0 Å². The minimum atomic E-state index is -0.210. The quantitative estimate of drug-likeness (QED) is 0.751. The van der Waals surface area contributed by atoms with E-state index in [0.29, 0.717) is 18.1 Å². The zero-order valence-corrected chi connectivity index (χ0v) is 14.0. The van der Waals surface area contributed by atoms with E-state index in [0.717, 1.165) is 17.8 Å². The fourth-order valence-corrected chi connectivity index (χ4v) is 2.41. The number of aromatic nitrogens is 3. The molecule has 0 radical (unpaired) electrons. The van der Waals surface area contributed by atoms with E-state index in [2.05, 4.69) is 20.3 Å². The Kier molecular flexibility index (Phi) is 5.31. The summed E-state index contributed by atoms with van der Waals surface area (Å²) < 4.78 is 0. The lowest BCUT2D eigenvalue weighted by Crippen LogP contribution is -2.24. The van der Waals surface area contributed by atoms with Gasteiger partial charge in [0.25, 0.3) is 5.91 Å². The molecule has 126 valence electrons. The van der Waals surface area contributed by atoms with Gasteiger partial charge in [-0.1, -0.05) is 24.3 Å². The number of nitrogens with zero attached hydrogens (tertiary/aromatic N) is 4. The summed E-state index contributed by atoms with van der Waals surface area (Å²) >= 11 is 0. The van der Waals surface area contributed by atoms with Crippen molar-refractivity contribution < 1.29 is 4.79 Å². The number of para-hydroxylation sites is 1. The van der Waals surface area contributed by atoms with Gasteiger partial charge in [-0.15, -0.1) is 0 Å². The van der Waals surface area contributed by atoms with Gasteiger partial charge in [0.2, 0.25) is 5.95 Å². The summed E-state index contributed by atoms with van der Waals surface area (Å²) in [5.74, 6) is 0.357. The molecule has 25 heavy (non-hydrogen) atoms. The molecule has 1 aromatic carbocycles. The number of carbonyl (C=O) groups excluding carboxylic acids is 1. The molecule has 0 aliphatic rings. The normalized spacial score (nSPS) is 10.3. The van der Waals surface area contributed by atoms with Crippen LogP contribution in [0.4, 0.5) is 11.6 Å². The lowest BCUT2D eigenvalue weighted by atomic mass is 10.2. The highest BCUT2D eigenvalue weighted by molar-refractivity contribution is 5.93. The molecule has 3 rings (SSSR count). The lowest BCUT2D eigenvalue weighted by Gasteiger charge is -2.20. The fraction of sp³-hybridized carbons (Fsp3) is 0.158. The van der Waals surface area contributed by atoms with Crippen LogP contribution in [0, 0.1) is 0 Å². The van der Waals surface area contributed by atoms with Crippen molar-refractivity contribution in [2.75, 3.05) is 11.4 Å². The second-order valence-corrected chi connectivity index (χ2v) is 5.40. The van der Waals surface area contributed by atoms with Gasteiger partial charge in [0.05, 0.1) is 5.56 Å². The molecule has 6 nitrogen and oxygen atoms in total. The second-order valence-electron chi connectivity index (χ2n) is 5.40. The summed E-state index contributed by atoms with van der Waals surface area (Å²) in [6.45, 7) is 3.18. The second kappa shape index (κ2) is 8.01. The maximum Gasteiger partial charge on any atom is 0.254 e. The molecule has 0 aliphatic heterocycles. The van der Waals surface area contributed by atoms with Crippen LogP contribution in [0.3, 0.4) is 0 Å². The number of rotatable bonds is 6. The van der Waals surface area contributed by atoms with Crippen molar-refractivity contribution in [1.29, 1.82) is 0 Å². The third-order valence-corrected chi connectivity index (χ3v) is 3.70. The average Bonchev–Trinajstić information content (AvgIpc) is 2.69. The third-order valence-electron chi connectivity index (χ3n) is 3.70. The number of hydrogen-bond acceptors (Lipinski definition) is 5. The SMILES string of the molecule is CCN(c1ccccc1)c1ncc(C(=O)NCc2cccnc2)cn1. The first-order valence-corrected chi connectivity index (χ1v) is 8.09. The smallest absolute Gasteiger partial charge is 0.254 e. The first-order valence-electron chi connectivity index (χ1n) is 8.09. The van der Waals surface area contributed by atoms with Crippen LogP contribution in [0.5, 0.6) is 0 Å². The summed E-state index contributed by atoms with van der Waals surface area (Å²) in [6, 6.07) is 13.7. The number of benzene rings is 1. The number of nitrogens with one attached hydrogen (secondary N) is 1. The molecule has 0 unspecified atom stereocenters. The topological polar surface area (TPSA) is 71.0 Å². The van der Waals surface area contributed by atoms with Gasteiger partial charge in [0.1, 0.15) is 0 Å². The number of anilines is 2. The molecule has 2 aromatic heterocycles. The zero-order valence-electron chi connectivity index (χ0n) is 14.0. The summed E-state index contributed by atoms with van der Waals surface area (Å²) in [5, 5.41) is 2.84. The van der Waals surface area contributed by atoms with E-state index in [4.69, 9.17) is 0 Å². The van der Waals surface area contributed by atoms with Crippen LogP contribution >= 0.6 is 0 Å². The molecular weight excluding hydrogens is 314 g/mol. The van der Waals surface area contributed by atoms with Crippen molar-refractivity contribution in [1.82, 2.24) is 20.3 Å². The summed E-state index contributed by atoms with van der Waals surface area (Å²) in [7, 11) is 0. The van der Waals surface area contributed by atoms with Crippen LogP contribution in [0.2, 0.25) is 0 Å². The predicted octanol–water partition coefficient (Wildman–Crippen LogP) is 2.96. The van der Waals surface area contributed by atoms with Crippen molar-refractivity contribution in [2.24, 2.45) is 0 Å². The first kappa shape index (κ1) is 16.6. The Morgan fingerprint density at radius 3 is 2.44 bits per heavy atom. The standard InChI is InChI=1S/C19H19N5O/c1-2-24(17-8-4-3-5-9-17)19-22-13-16(14-23-19)18(25)21-12-15-7-6-10-20-11-15/h3-11,13-14H,2,12H2,1H3,(H,21,25). The van der Waals surface area contributed by atoms with Gasteiger partial charge < -0.3 is 10.2 Å². The van der Waals surface area contributed by atoms with Crippen LogP contribution < -0.4 is 10.2 Å². The monoisotopic (exact) mass is 333 g/mol. The Hall–Kier alpha value is -3.28. The van der Waals surface area contributed by atoms with Gasteiger partial charge in [-0.2, -0.15) is 0 Å². The predicted molar refractivity (Wildman–Crippen MR) is 96.6 cm³/mol. The van der Waals surface area contributed by atoms with Gasteiger partial charge in [0, 0.05) is 43.6 Å². The van der Waals surface area contributed by atoms with E-state index in [1.165, 1.54) is 0 Å². The van der Waals surface area contributed by atoms with Crippen molar-refractivity contribution >= 4 is 17.5 Å². The molecule has 1 N–H and O–H groups in total. The summed E-state index contributed by atoms with van der Waals surface area (Å²) in [5.41, 5.74) is 2.38. The van der Waals surface area contributed by atoms with E-state index in [-0.39, 0.29) is 5.91 Å². The van der Waals surface area contributed by atoms with Crippen molar-refractivity contribution in [3.63, 3.8) is 0 Å². The average molecular weight is 333 g/mol. The molecule has 0 bridgehead atoms. The number of amides is 1. The number of pyridine rings is 1. The maximum atomic E-state index is 12.2. The lowest BCUT2D eigenvalue weighted by molar-refractivity contribution is 0.0950. The molecular formula is C19H19N5O. The molecule has 2 heterocycles. The minimum absolute atomic E-state index is 0.210. The largest absolute Gasteiger partial charge is 0.348 e. The van der Waals surface area contributed by atoms with Gasteiger partial charge in [-0.3, -0.25) is 9.78 Å². The molecule has 6 heteroatoms. The Bertz CT molecular complexity index is 806. The Morgan fingerprint density at radius 2 is 1.80 bits per heavy atom. The Morgan fingerprint density at radius 1 is 1.04 bits per heavy atom. The Labute approximate surface area is 146 Å². The molecule has 0 saturated carbocycles. The summed E-state index contributed by atoms with van der Waals surface area (Å²) in [6.07, 6.45) is 6.52. The van der Waals surface area contributed by atoms with Crippen molar-refractivity contribution in [2.45, 2.75) is 13.5 Å². The van der Waals surface area contributed by atoms with Crippen LogP contribution in [-0.4, -0.2) is 27.4 Å². The van der Waals surface area contributed by atoms with Gasteiger partial charge in [-0.25, -0.2) is 9.97 Å². The first-order chi connectivity index (χ1) is 12.3. The third kappa shape index (κ3) is 4.17. The van der Waals surface area contributed by atoms with E-state index >= 15 is 0 Å². The Balaban J connectivity index is 1.68. The van der Waals surface area contributed by atoms with E-state index in [9.17, 15) is 4.79 Å². The van der Waals surface area contributed by atoms with Gasteiger partial charge in [0.15, 0.2) is 0 Å². The highest BCUT2D eigenvalue weighted by Crippen LogP contribution is 2.20. The molecule has 1 amide bonds. The van der Waals surface area contributed by atoms with Gasteiger partial charge in [-0.05, 0) is 30.7 Å². The van der Waals surface area contributed by atoms with E-state index in [1.807, 2.05) is 54.3 Å². The highest BCUT2D eigenvalue weighted by atomic mass is 16.1.